The van der Waals surface area contributed by atoms with Crippen LogP contribution in [0.5, 0.6) is 0 Å². The first-order chi connectivity index (χ1) is 6.79. The van der Waals surface area contributed by atoms with E-state index >= 15 is 0 Å². The summed E-state index contributed by atoms with van der Waals surface area (Å²) in [5, 5.41) is 0.656. The lowest BCUT2D eigenvalue weighted by Crippen LogP contribution is -2.22. The van der Waals surface area contributed by atoms with Crippen molar-refractivity contribution in [3.05, 3.63) is 18.2 Å². The predicted octanol–water partition coefficient (Wildman–Crippen LogP) is 1.56. The second-order valence-corrected chi connectivity index (χ2v) is 4.43. The van der Waals surface area contributed by atoms with E-state index in [1.54, 1.807) is 0 Å². The van der Waals surface area contributed by atoms with Gasteiger partial charge >= 0.3 is 0 Å². The highest BCUT2D eigenvalue weighted by Crippen LogP contribution is 2.22. The van der Waals surface area contributed by atoms with Gasteiger partial charge in [0.2, 0.25) is 5.95 Å². The molecule has 76 valence electrons. The summed E-state index contributed by atoms with van der Waals surface area (Å²) in [6.07, 6.45) is 5.70. The minimum Gasteiger partial charge on any atom is -0.340 e. The maximum atomic E-state index is 12.6. The molecule has 0 aliphatic carbocycles. The van der Waals surface area contributed by atoms with Gasteiger partial charge in [0.1, 0.15) is 0 Å². The molecule has 0 N–H and O–H groups in total. The monoisotopic (exact) mass is 213 g/mol. The van der Waals surface area contributed by atoms with Crippen molar-refractivity contribution >= 4 is 17.7 Å². The molecule has 1 unspecified atom stereocenters. The number of hydrogen-bond donors (Lipinski definition) is 0. The van der Waals surface area contributed by atoms with Crippen LogP contribution in [-0.2, 0) is 0 Å². The Hall–Kier alpha value is -0.840. The zero-order valence-corrected chi connectivity index (χ0v) is 8.80. The second kappa shape index (κ2) is 4.13. The number of halogens is 1. The third-order valence-corrected chi connectivity index (χ3v) is 3.42. The summed E-state index contributed by atoms with van der Waals surface area (Å²) in [5.74, 6) is 0.261. The molecule has 2 rings (SSSR count). The molecule has 1 aliphatic rings. The van der Waals surface area contributed by atoms with Crippen molar-refractivity contribution in [3.8, 4) is 0 Å². The van der Waals surface area contributed by atoms with Crippen LogP contribution in [0.1, 0.15) is 6.42 Å². The highest BCUT2D eigenvalue weighted by molar-refractivity contribution is 7.99. The van der Waals surface area contributed by atoms with Crippen molar-refractivity contribution in [2.24, 2.45) is 0 Å². The summed E-state index contributed by atoms with van der Waals surface area (Å²) in [6, 6.07) is 0. The predicted molar refractivity (Wildman–Crippen MR) is 56.1 cm³/mol. The van der Waals surface area contributed by atoms with Gasteiger partial charge in [0, 0.05) is 18.3 Å². The summed E-state index contributed by atoms with van der Waals surface area (Å²) >= 11 is 1.86. The molecule has 0 amide bonds. The number of anilines is 1. The molecule has 0 saturated carbocycles. The maximum absolute atomic E-state index is 12.6. The number of thioether (sulfide) groups is 1. The van der Waals surface area contributed by atoms with Crippen LogP contribution in [0.15, 0.2) is 12.4 Å². The van der Waals surface area contributed by atoms with Gasteiger partial charge in [0.25, 0.3) is 0 Å². The summed E-state index contributed by atoms with van der Waals surface area (Å²) in [7, 11) is 0. The number of rotatable bonds is 2. The van der Waals surface area contributed by atoms with Crippen LogP contribution in [0.2, 0.25) is 0 Å². The summed E-state index contributed by atoms with van der Waals surface area (Å²) < 4.78 is 12.6. The molecule has 0 spiro atoms. The first-order valence-electron chi connectivity index (χ1n) is 4.55. The second-order valence-electron chi connectivity index (χ2n) is 3.29. The number of aromatic nitrogens is 2. The minimum atomic E-state index is -0.380. The molecule has 0 bridgehead atoms. The van der Waals surface area contributed by atoms with E-state index in [1.165, 1.54) is 12.4 Å². The Kier molecular flexibility index (Phi) is 2.86. The van der Waals surface area contributed by atoms with Crippen LogP contribution < -0.4 is 4.90 Å². The van der Waals surface area contributed by atoms with Crippen LogP contribution in [0.4, 0.5) is 10.3 Å². The van der Waals surface area contributed by atoms with Gasteiger partial charge in [-0.2, -0.15) is 11.8 Å². The Morgan fingerprint density at radius 3 is 2.79 bits per heavy atom. The van der Waals surface area contributed by atoms with Crippen molar-refractivity contribution in [3.63, 3.8) is 0 Å². The zero-order chi connectivity index (χ0) is 9.97. The Balaban J connectivity index is 2.06. The average molecular weight is 213 g/mol. The lowest BCUT2D eigenvalue weighted by Gasteiger charge is -2.14. The SMILES string of the molecule is CSC1CCN(c2ncc(F)cn2)C1. The van der Waals surface area contributed by atoms with Crippen LogP contribution in [0.3, 0.4) is 0 Å². The summed E-state index contributed by atoms with van der Waals surface area (Å²) in [5.41, 5.74) is 0. The van der Waals surface area contributed by atoms with E-state index in [-0.39, 0.29) is 5.82 Å². The molecule has 14 heavy (non-hydrogen) atoms. The summed E-state index contributed by atoms with van der Waals surface area (Å²) in [4.78, 5) is 10.0. The topological polar surface area (TPSA) is 29.0 Å². The van der Waals surface area contributed by atoms with E-state index in [0.29, 0.717) is 11.2 Å². The van der Waals surface area contributed by atoms with Gasteiger partial charge in [0.05, 0.1) is 12.4 Å². The molecular weight excluding hydrogens is 201 g/mol. The molecule has 1 atom stereocenters. The smallest absolute Gasteiger partial charge is 0.225 e. The van der Waals surface area contributed by atoms with Gasteiger partial charge in [-0.1, -0.05) is 0 Å². The van der Waals surface area contributed by atoms with Crippen molar-refractivity contribution in [2.75, 3.05) is 24.2 Å². The van der Waals surface area contributed by atoms with Crippen molar-refractivity contribution in [2.45, 2.75) is 11.7 Å². The van der Waals surface area contributed by atoms with Gasteiger partial charge in [-0.05, 0) is 12.7 Å². The average Bonchev–Trinajstić information content (AvgIpc) is 2.67. The maximum Gasteiger partial charge on any atom is 0.225 e. The minimum absolute atomic E-state index is 0.380. The largest absolute Gasteiger partial charge is 0.340 e. The molecule has 1 fully saturated rings. The zero-order valence-electron chi connectivity index (χ0n) is 7.98. The molecule has 1 saturated heterocycles. The molecule has 1 aromatic rings. The third-order valence-electron chi connectivity index (χ3n) is 2.37. The Morgan fingerprint density at radius 1 is 1.50 bits per heavy atom. The van der Waals surface area contributed by atoms with Crippen LogP contribution in [0, 0.1) is 5.82 Å². The van der Waals surface area contributed by atoms with Crippen molar-refractivity contribution < 1.29 is 4.39 Å². The quantitative estimate of drug-likeness (QED) is 0.745. The van der Waals surface area contributed by atoms with Gasteiger partial charge in [-0.3, -0.25) is 0 Å². The Morgan fingerprint density at radius 2 is 2.21 bits per heavy atom. The van der Waals surface area contributed by atoms with Gasteiger partial charge in [-0.15, -0.1) is 0 Å². The normalized spacial score (nSPS) is 21.6. The first kappa shape index (κ1) is 9.71. The fourth-order valence-electron chi connectivity index (χ4n) is 1.57. The third kappa shape index (κ3) is 1.97. The highest BCUT2D eigenvalue weighted by Gasteiger charge is 2.23. The van der Waals surface area contributed by atoms with Gasteiger partial charge < -0.3 is 4.90 Å². The van der Waals surface area contributed by atoms with Crippen LogP contribution in [0.25, 0.3) is 0 Å². The Labute approximate surface area is 86.7 Å². The van der Waals surface area contributed by atoms with Crippen LogP contribution in [-0.4, -0.2) is 34.6 Å². The van der Waals surface area contributed by atoms with E-state index < -0.39 is 0 Å². The number of nitrogens with zero attached hydrogens (tertiary/aromatic N) is 3. The molecule has 3 nitrogen and oxygen atoms in total. The molecule has 0 aromatic carbocycles. The Bertz CT molecular complexity index is 303. The van der Waals surface area contributed by atoms with E-state index in [9.17, 15) is 4.39 Å². The fraction of sp³-hybridized carbons (Fsp3) is 0.556. The standard InChI is InChI=1S/C9H12FN3S/c1-14-8-2-3-13(6-8)9-11-4-7(10)5-12-9/h4-5,8H,2-3,6H2,1H3. The molecular formula is C9H12FN3S. The molecule has 5 heteroatoms. The van der Waals surface area contributed by atoms with Crippen LogP contribution >= 0.6 is 11.8 Å². The fourth-order valence-corrected chi connectivity index (χ4v) is 2.24. The van der Waals surface area contributed by atoms with E-state index in [4.69, 9.17) is 0 Å². The van der Waals surface area contributed by atoms with E-state index in [2.05, 4.69) is 21.1 Å². The van der Waals surface area contributed by atoms with Crippen molar-refractivity contribution in [1.82, 2.24) is 9.97 Å². The molecule has 1 aromatic heterocycles. The molecule has 0 radical (unpaired) electrons. The van der Waals surface area contributed by atoms with Gasteiger partial charge in [-0.25, -0.2) is 14.4 Å². The van der Waals surface area contributed by atoms with E-state index in [0.717, 1.165) is 19.5 Å². The molecule has 1 aliphatic heterocycles. The highest BCUT2D eigenvalue weighted by atomic mass is 32.2. The molecule has 2 heterocycles. The van der Waals surface area contributed by atoms with E-state index in [1.807, 2.05) is 11.8 Å². The first-order valence-corrected chi connectivity index (χ1v) is 5.83. The lowest BCUT2D eigenvalue weighted by atomic mass is 10.4. The number of hydrogen-bond acceptors (Lipinski definition) is 4. The van der Waals surface area contributed by atoms with Gasteiger partial charge in [0.15, 0.2) is 5.82 Å². The lowest BCUT2D eigenvalue weighted by molar-refractivity contribution is 0.612. The summed E-state index contributed by atoms with van der Waals surface area (Å²) in [6.45, 7) is 1.93. The van der Waals surface area contributed by atoms with Crippen molar-refractivity contribution in [1.29, 1.82) is 0 Å².